The van der Waals surface area contributed by atoms with Gasteiger partial charge in [0.15, 0.2) is 18.0 Å². The van der Waals surface area contributed by atoms with Crippen LogP contribution in [-0.2, 0) is 23.8 Å². The van der Waals surface area contributed by atoms with Gasteiger partial charge in [0.1, 0.15) is 6.10 Å². The minimum absolute atomic E-state index is 0.164. The van der Waals surface area contributed by atoms with E-state index in [2.05, 4.69) is 0 Å². The van der Waals surface area contributed by atoms with Crippen molar-refractivity contribution in [3.63, 3.8) is 0 Å². The molecule has 0 bridgehead atoms. The summed E-state index contributed by atoms with van der Waals surface area (Å²) < 4.78 is 15.2. The highest BCUT2D eigenvalue weighted by atomic mass is 16.6. The minimum Gasteiger partial charge on any atom is -0.493 e. The van der Waals surface area contributed by atoms with E-state index >= 15 is 0 Å². The van der Waals surface area contributed by atoms with Crippen LogP contribution in [0, 0.1) is 0 Å². The SMILES string of the molecule is COC1=C(C)[C@@H](OC(C)=O)[C@@H]2O[C@@H]2C1=O. The van der Waals surface area contributed by atoms with Crippen molar-refractivity contribution in [3.8, 4) is 0 Å². The van der Waals surface area contributed by atoms with Crippen molar-refractivity contribution >= 4 is 11.8 Å². The van der Waals surface area contributed by atoms with Crippen molar-refractivity contribution in [2.45, 2.75) is 32.2 Å². The highest BCUT2D eigenvalue weighted by Gasteiger charge is 2.57. The number of Topliss-reactive ketones (excluding diaryl/α,β-unsaturated/α-hetero) is 1. The number of ketones is 1. The first-order valence-electron chi connectivity index (χ1n) is 4.68. The molecule has 1 saturated heterocycles. The molecule has 0 amide bonds. The summed E-state index contributed by atoms with van der Waals surface area (Å²) in [4.78, 5) is 22.5. The van der Waals surface area contributed by atoms with Crippen LogP contribution >= 0.6 is 0 Å². The lowest BCUT2D eigenvalue weighted by atomic mass is 9.95. The molecule has 3 atom stereocenters. The van der Waals surface area contributed by atoms with Crippen LogP contribution in [0.3, 0.4) is 0 Å². The summed E-state index contributed by atoms with van der Waals surface area (Å²) >= 11 is 0. The zero-order valence-electron chi connectivity index (χ0n) is 8.77. The number of carbonyl (C=O) groups excluding carboxylic acids is 2. The van der Waals surface area contributed by atoms with Crippen LogP contribution in [0.15, 0.2) is 11.3 Å². The van der Waals surface area contributed by atoms with Crippen LogP contribution in [0.5, 0.6) is 0 Å². The van der Waals surface area contributed by atoms with Gasteiger partial charge in [-0.3, -0.25) is 9.59 Å². The third kappa shape index (κ3) is 1.52. The number of ether oxygens (including phenoxy) is 3. The number of methoxy groups -OCH3 is 1. The van der Waals surface area contributed by atoms with Gasteiger partial charge in [0.2, 0.25) is 5.78 Å². The molecule has 2 aliphatic rings. The van der Waals surface area contributed by atoms with Crippen LogP contribution in [0.4, 0.5) is 0 Å². The minimum atomic E-state index is -0.493. The maximum atomic E-state index is 11.6. The number of carbonyl (C=O) groups is 2. The summed E-state index contributed by atoms with van der Waals surface area (Å²) in [6.45, 7) is 3.04. The number of epoxide rings is 1. The summed E-state index contributed by atoms with van der Waals surface area (Å²) in [5.41, 5.74) is 0.622. The van der Waals surface area contributed by atoms with Gasteiger partial charge in [0, 0.05) is 12.5 Å². The fourth-order valence-electron chi connectivity index (χ4n) is 1.86. The molecular formula is C10H12O5. The van der Waals surface area contributed by atoms with Gasteiger partial charge in [-0.05, 0) is 6.92 Å². The van der Waals surface area contributed by atoms with Gasteiger partial charge in [0.25, 0.3) is 0 Å². The van der Waals surface area contributed by atoms with Crippen molar-refractivity contribution in [3.05, 3.63) is 11.3 Å². The Morgan fingerprint density at radius 1 is 1.47 bits per heavy atom. The molecule has 1 aliphatic heterocycles. The monoisotopic (exact) mass is 212 g/mol. The summed E-state index contributed by atoms with van der Waals surface area (Å²) in [5, 5.41) is 0. The fourth-order valence-corrected chi connectivity index (χ4v) is 1.86. The number of esters is 1. The molecule has 0 aromatic rings. The lowest BCUT2D eigenvalue weighted by Crippen LogP contribution is -2.34. The third-order valence-electron chi connectivity index (χ3n) is 2.59. The molecular weight excluding hydrogens is 200 g/mol. The molecule has 15 heavy (non-hydrogen) atoms. The maximum Gasteiger partial charge on any atom is 0.303 e. The van der Waals surface area contributed by atoms with Crippen LogP contribution in [-0.4, -0.2) is 37.2 Å². The second-order valence-corrected chi connectivity index (χ2v) is 3.63. The molecule has 1 aliphatic carbocycles. The summed E-state index contributed by atoms with van der Waals surface area (Å²) in [7, 11) is 1.42. The number of hydrogen-bond donors (Lipinski definition) is 0. The molecule has 82 valence electrons. The van der Waals surface area contributed by atoms with Gasteiger partial charge in [-0.2, -0.15) is 0 Å². The number of fused-ring (bicyclic) bond motifs is 1. The van der Waals surface area contributed by atoms with Gasteiger partial charge < -0.3 is 14.2 Å². The molecule has 5 nitrogen and oxygen atoms in total. The Balaban J connectivity index is 2.28. The number of rotatable bonds is 2. The fraction of sp³-hybridized carbons (Fsp3) is 0.600. The Kier molecular flexibility index (Phi) is 2.26. The van der Waals surface area contributed by atoms with E-state index < -0.39 is 18.2 Å². The van der Waals surface area contributed by atoms with Gasteiger partial charge in [-0.15, -0.1) is 0 Å². The molecule has 1 heterocycles. The topological polar surface area (TPSA) is 65.1 Å². The highest BCUT2D eigenvalue weighted by molar-refractivity contribution is 6.01. The number of hydrogen-bond acceptors (Lipinski definition) is 5. The molecule has 5 heteroatoms. The van der Waals surface area contributed by atoms with Gasteiger partial charge in [-0.25, -0.2) is 0 Å². The van der Waals surface area contributed by atoms with E-state index in [1.54, 1.807) is 6.92 Å². The van der Waals surface area contributed by atoms with Gasteiger partial charge in [-0.1, -0.05) is 0 Å². The van der Waals surface area contributed by atoms with Gasteiger partial charge in [0.05, 0.1) is 7.11 Å². The summed E-state index contributed by atoms with van der Waals surface area (Å²) in [5.74, 6) is -0.304. The van der Waals surface area contributed by atoms with E-state index in [-0.39, 0.29) is 17.6 Å². The summed E-state index contributed by atoms with van der Waals surface area (Å²) in [6.07, 6.45) is -1.30. The average molecular weight is 212 g/mol. The zero-order valence-corrected chi connectivity index (χ0v) is 8.77. The van der Waals surface area contributed by atoms with Crippen LogP contribution in [0.1, 0.15) is 13.8 Å². The van der Waals surface area contributed by atoms with E-state index in [1.165, 1.54) is 14.0 Å². The predicted octanol–water partition coefficient (Wildman–Crippen LogP) is 0.189. The molecule has 2 rings (SSSR count). The van der Waals surface area contributed by atoms with Crippen LogP contribution in [0.25, 0.3) is 0 Å². The van der Waals surface area contributed by atoms with E-state index in [1.807, 2.05) is 0 Å². The van der Waals surface area contributed by atoms with Crippen molar-refractivity contribution in [2.24, 2.45) is 0 Å². The summed E-state index contributed by atoms with van der Waals surface area (Å²) in [6, 6.07) is 0. The Morgan fingerprint density at radius 3 is 2.67 bits per heavy atom. The largest absolute Gasteiger partial charge is 0.493 e. The van der Waals surface area contributed by atoms with Crippen molar-refractivity contribution in [1.29, 1.82) is 0 Å². The standard InChI is InChI=1S/C10H12O5/c1-4-7(13-3)6(12)9-10(15-9)8(4)14-5(2)11/h8-10H,1-3H3/t8-,9-,10+/m1/s1. The highest BCUT2D eigenvalue weighted by Crippen LogP contribution is 2.39. The normalized spacial score (nSPS) is 33.5. The lowest BCUT2D eigenvalue weighted by molar-refractivity contribution is -0.146. The Bertz CT molecular complexity index is 357. The molecule has 0 aromatic heterocycles. The molecule has 0 radical (unpaired) electrons. The molecule has 0 N–H and O–H groups in total. The Labute approximate surface area is 87.0 Å². The second-order valence-electron chi connectivity index (χ2n) is 3.63. The molecule has 0 saturated carbocycles. The Hall–Kier alpha value is -1.36. The van der Waals surface area contributed by atoms with Crippen molar-refractivity contribution in [2.75, 3.05) is 7.11 Å². The first-order valence-corrected chi connectivity index (χ1v) is 4.68. The van der Waals surface area contributed by atoms with E-state index in [0.29, 0.717) is 5.57 Å². The zero-order chi connectivity index (χ0) is 11.2. The second kappa shape index (κ2) is 3.34. The smallest absolute Gasteiger partial charge is 0.303 e. The van der Waals surface area contributed by atoms with E-state index in [9.17, 15) is 9.59 Å². The molecule has 0 aromatic carbocycles. The molecule has 0 unspecified atom stereocenters. The van der Waals surface area contributed by atoms with Crippen LogP contribution < -0.4 is 0 Å². The van der Waals surface area contributed by atoms with Gasteiger partial charge >= 0.3 is 5.97 Å². The Morgan fingerprint density at radius 2 is 2.13 bits per heavy atom. The first-order chi connectivity index (χ1) is 7.06. The molecule has 0 spiro atoms. The van der Waals surface area contributed by atoms with E-state index in [0.717, 1.165) is 0 Å². The first kappa shape index (κ1) is 10.2. The lowest BCUT2D eigenvalue weighted by Gasteiger charge is -2.21. The van der Waals surface area contributed by atoms with Crippen LogP contribution in [0.2, 0.25) is 0 Å². The molecule has 1 fully saturated rings. The van der Waals surface area contributed by atoms with Crippen molar-refractivity contribution < 1.29 is 23.8 Å². The average Bonchev–Trinajstić information content (AvgIpc) is 2.92. The third-order valence-corrected chi connectivity index (χ3v) is 2.59. The quantitative estimate of drug-likeness (QED) is 0.483. The van der Waals surface area contributed by atoms with Crippen molar-refractivity contribution in [1.82, 2.24) is 0 Å². The van der Waals surface area contributed by atoms with E-state index in [4.69, 9.17) is 14.2 Å². The predicted molar refractivity (Wildman–Crippen MR) is 48.9 cm³/mol. The maximum absolute atomic E-state index is 11.6.